The number of aliphatic hydroxyl groups is 1. The molecule has 0 bridgehead atoms. The van der Waals surface area contributed by atoms with E-state index in [-0.39, 0.29) is 12.2 Å². The van der Waals surface area contributed by atoms with Gasteiger partial charge >= 0.3 is 0 Å². The Kier molecular flexibility index (Phi) is 3.76. The standard InChI is InChI=1S/C10H18O2/c1-3-5-10-9(11)7-6-8(4-2)12-10/h3,8-11H,1,4-7H2,2H3. The van der Waals surface area contributed by atoms with E-state index in [2.05, 4.69) is 13.5 Å². The smallest absolute Gasteiger partial charge is 0.0871 e. The summed E-state index contributed by atoms with van der Waals surface area (Å²) in [6.45, 7) is 5.77. The fraction of sp³-hybridized carbons (Fsp3) is 0.800. The van der Waals surface area contributed by atoms with Crippen molar-refractivity contribution in [3.05, 3.63) is 12.7 Å². The van der Waals surface area contributed by atoms with E-state index in [0.29, 0.717) is 6.10 Å². The van der Waals surface area contributed by atoms with E-state index in [1.165, 1.54) is 0 Å². The van der Waals surface area contributed by atoms with E-state index >= 15 is 0 Å². The van der Waals surface area contributed by atoms with E-state index < -0.39 is 0 Å². The molecule has 2 nitrogen and oxygen atoms in total. The summed E-state index contributed by atoms with van der Waals surface area (Å²) in [5.41, 5.74) is 0. The van der Waals surface area contributed by atoms with Gasteiger partial charge in [0.25, 0.3) is 0 Å². The lowest BCUT2D eigenvalue weighted by molar-refractivity contribution is -0.115. The summed E-state index contributed by atoms with van der Waals surface area (Å²) >= 11 is 0. The van der Waals surface area contributed by atoms with Crippen molar-refractivity contribution in [2.75, 3.05) is 0 Å². The van der Waals surface area contributed by atoms with Crippen LogP contribution in [0.2, 0.25) is 0 Å². The lowest BCUT2D eigenvalue weighted by Crippen LogP contribution is -2.38. The Morgan fingerprint density at radius 3 is 2.92 bits per heavy atom. The SMILES string of the molecule is C=CCC1OC(CC)CCC1O. The molecule has 2 heteroatoms. The quantitative estimate of drug-likeness (QED) is 0.655. The van der Waals surface area contributed by atoms with Gasteiger partial charge in [0.15, 0.2) is 0 Å². The van der Waals surface area contributed by atoms with Crippen LogP contribution in [0, 0.1) is 0 Å². The average molecular weight is 170 g/mol. The molecule has 1 rings (SSSR count). The molecule has 0 radical (unpaired) electrons. The van der Waals surface area contributed by atoms with Crippen LogP contribution in [0.15, 0.2) is 12.7 Å². The van der Waals surface area contributed by atoms with E-state index in [1.807, 2.05) is 6.08 Å². The van der Waals surface area contributed by atoms with Gasteiger partial charge in [-0.2, -0.15) is 0 Å². The molecule has 0 spiro atoms. The maximum atomic E-state index is 9.54. The van der Waals surface area contributed by atoms with Crippen molar-refractivity contribution in [1.29, 1.82) is 0 Å². The molecule has 0 aromatic rings. The number of hydrogen-bond donors (Lipinski definition) is 1. The lowest BCUT2D eigenvalue weighted by Gasteiger charge is -2.32. The normalized spacial score (nSPS) is 36.3. The van der Waals surface area contributed by atoms with Crippen LogP contribution in [0.1, 0.15) is 32.6 Å². The first-order valence-electron chi connectivity index (χ1n) is 4.72. The number of aliphatic hydroxyl groups excluding tert-OH is 1. The van der Waals surface area contributed by atoms with Crippen LogP contribution in [0.4, 0.5) is 0 Å². The second kappa shape index (κ2) is 4.63. The molecule has 70 valence electrons. The monoisotopic (exact) mass is 170 g/mol. The number of ether oxygens (including phenoxy) is 1. The summed E-state index contributed by atoms with van der Waals surface area (Å²) in [5.74, 6) is 0. The predicted molar refractivity (Wildman–Crippen MR) is 49.0 cm³/mol. The molecule has 3 atom stereocenters. The zero-order valence-corrected chi connectivity index (χ0v) is 7.70. The third-order valence-corrected chi connectivity index (χ3v) is 2.44. The average Bonchev–Trinajstić information content (AvgIpc) is 2.09. The molecular formula is C10H18O2. The maximum absolute atomic E-state index is 9.54. The van der Waals surface area contributed by atoms with Crippen LogP contribution in [0.3, 0.4) is 0 Å². The predicted octanol–water partition coefficient (Wildman–Crippen LogP) is 1.88. The third kappa shape index (κ3) is 2.32. The van der Waals surface area contributed by atoms with Crippen molar-refractivity contribution in [3.63, 3.8) is 0 Å². The maximum Gasteiger partial charge on any atom is 0.0871 e. The molecule has 0 saturated carbocycles. The molecule has 0 aromatic carbocycles. The summed E-state index contributed by atoms with van der Waals surface area (Å²) in [6.07, 6.45) is 5.53. The van der Waals surface area contributed by atoms with Gasteiger partial charge in [0.05, 0.1) is 18.3 Å². The van der Waals surface area contributed by atoms with Gasteiger partial charge in [0, 0.05) is 0 Å². The van der Waals surface area contributed by atoms with Gasteiger partial charge in [-0.15, -0.1) is 6.58 Å². The van der Waals surface area contributed by atoms with Gasteiger partial charge in [0.1, 0.15) is 0 Å². The first-order valence-corrected chi connectivity index (χ1v) is 4.72. The zero-order chi connectivity index (χ0) is 8.97. The van der Waals surface area contributed by atoms with Crippen LogP contribution in [0.25, 0.3) is 0 Å². The number of rotatable bonds is 3. The molecular weight excluding hydrogens is 152 g/mol. The molecule has 1 heterocycles. The van der Waals surface area contributed by atoms with Crippen molar-refractivity contribution in [2.24, 2.45) is 0 Å². The molecule has 0 amide bonds. The lowest BCUT2D eigenvalue weighted by atomic mass is 9.98. The number of hydrogen-bond acceptors (Lipinski definition) is 2. The van der Waals surface area contributed by atoms with Crippen LogP contribution in [-0.2, 0) is 4.74 Å². The highest BCUT2D eigenvalue weighted by atomic mass is 16.5. The van der Waals surface area contributed by atoms with E-state index in [1.54, 1.807) is 0 Å². The summed E-state index contributed by atoms with van der Waals surface area (Å²) in [4.78, 5) is 0. The fourth-order valence-electron chi connectivity index (χ4n) is 1.63. The van der Waals surface area contributed by atoms with Crippen molar-refractivity contribution >= 4 is 0 Å². The first-order chi connectivity index (χ1) is 5.77. The van der Waals surface area contributed by atoms with Gasteiger partial charge in [-0.1, -0.05) is 13.0 Å². The van der Waals surface area contributed by atoms with Gasteiger partial charge in [0.2, 0.25) is 0 Å². The van der Waals surface area contributed by atoms with Gasteiger partial charge < -0.3 is 9.84 Å². The summed E-state index contributed by atoms with van der Waals surface area (Å²) in [5, 5.41) is 9.54. The van der Waals surface area contributed by atoms with Crippen molar-refractivity contribution in [2.45, 2.75) is 50.9 Å². The van der Waals surface area contributed by atoms with Crippen LogP contribution in [0.5, 0.6) is 0 Å². The minimum atomic E-state index is -0.286. The van der Waals surface area contributed by atoms with Crippen LogP contribution >= 0.6 is 0 Å². The molecule has 1 fully saturated rings. The van der Waals surface area contributed by atoms with E-state index in [9.17, 15) is 5.11 Å². The topological polar surface area (TPSA) is 29.5 Å². The van der Waals surface area contributed by atoms with Crippen molar-refractivity contribution in [3.8, 4) is 0 Å². The van der Waals surface area contributed by atoms with E-state index in [4.69, 9.17) is 4.74 Å². The minimum absolute atomic E-state index is 0.0128. The second-order valence-electron chi connectivity index (χ2n) is 3.37. The Bertz CT molecular complexity index is 145. The Balaban J connectivity index is 2.41. The second-order valence-corrected chi connectivity index (χ2v) is 3.37. The molecule has 3 unspecified atom stereocenters. The highest BCUT2D eigenvalue weighted by Crippen LogP contribution is 2.23. The summed E-state index contributed by atoms with van der Waals surface area (Å²) < 4.78 is 5.67. The fourth-order valence-corrected chi connectivity index (χ4v) is 1.63. The van der Waals surface area contributed by atoms with E-state index in [0.717, 1.165) is 25.7 Å². The Labute approximate surface area is 74.2 Å². The van der Waals surface area contributed by atoms with Gasteiger partial charge in [-0.05, 0) is 25.7 Å². The molecule has 1 aliphatic rings. The highest BCUT2D eigenvalue weighted by Gasteiger charge is 2.27. The molecule has 12 heavy (non-hydrogen) atoms. The molecule has 0 aliphatic carbocycles. The molecule has 1 N–H and O–H groups in total. The Morgan fingerprint density at radius 1 is 1.58 bits per heavy atom. The Hall–Kier alpha value is -0.340. The first kappa shape index (κ1) is 9.75. The summed E-state index contributed by atoms with van der Waals surface area (Å²) in [7, 11) is 0. The van der Waals surface area contributed by atoms with Crippen molar-refractivity contribution in [1.82, 2.24) is 0 Å². The van der Waals surface area contributed by atoms with Gasteiger partial charge in [-0.3, -0.25) is 0 Å². The third-order valence-electron chi connectivity index (χ3n) is 2.44. The largest absolute Gasteiger partial charge is 0.390 e. The molecule has 0 aromatic heterocycles. The van der Waals surface area contributed by atoms with Crippen LogP contribution < -0.4 is 0 Å². The van der Waals surface area contributed by atoms with Crippen molar-refractivity contribution < 1.29 is 9.84 Å². The molecule has 1 aliphatic heterocycles. The zero-order valence-electron chi connectivity index (χ0n) is 7.70. The highest BCUT2D eigenvalue weighted by molar-refractivity contribution is 4.83. The molecule has 1 saturated heterocycles. The van der Waals surface area contributed by atoms with Crippen LogP contribution in [-0.4, -0.2) is 23.4 Å². The minimum Gasteiger partial charge on any atom is -0.390 e. The summed E-state index contributed by atoms with van der Waals surface area (Å²) in [6, 6.07) is 0. The Morgan fingerprint density at radius 2 is 2.33 bits per heavy atom. The van der Waals surface area contributed by atoms with Gasteiger partial charge in [-0.25, -0.2) is 0 Å².